The van der Waals surface area contributed by atoms with Crippen LogP contribution >= 0.6 is 24.8 Å². The molecule has 0 saturated carbocycles. The minimum Gasteiger partial charge on any atom is -0.319 e. The van der Waals surface area contributed by atoms with Crippen molar-refractivity contribution in [2.45, 2.75) is 20.3 Å². The lowest BCUT2D eigenvalue weighted by molar-refractivity contribution is 0.789. The third-order valence-corrected chi connectivity index (χ3v) is 1.85. The molecule has 0 saturated heterocycles. The fourth-order valence-corrected chi connectivity index (χ4v) is 1.14. The van der Waals surface area contributed by atoms with Crippen molar-refractivity contribution in [3.05, 3.63) is 11.3 Å². The molecule has 0 spiro atoms. The topological polar surface area (TPSA) is 38.5 Å². The number of hydrogen-bond acceptors (Lipinski definition) is 2. The zero-order valence-corrected chi connectivity index (χ0v) is 9.76. The van der Waals surface area contributed by atoms with Gasteiger partial charge < -0.3 is 5.32 Å². The summed E-state index contributed by atoms with van der Waals surface area (Å²) in [4.78, 5) is 0. The van der Waals surface area contributed by atoms with Gasteiger partial charge in [-0.3, -0.25) is 0 Å². The van der Waals surface area contributed by atoms with Gasteiger partial charge in [0.25, 0.3) is 0 Å². The van der Waals surface area contributed by atoms with Crippen molar-refractivity contribution in [3.63, 3.8) is 0 Å². The summed E-state index contributed by atoms with van der Waals surface area (Å²) in [5.41, 5.74) is 7.42. The molecule has 5 heteroatoms. The molecule has 1 aliphatic rings. The maximum atomic E-state index is 3.99. The van der Waals surface area contributed by atoms with Crippen LogP contribution in [0.25, 0.3) is 0 Å². The zero-order valence-electron chi connectivity index (χ0n) is 8.13. The number of halogens is 2. The van der Waals surface area contributed by atoms with Crippen LogP contribution in [0.1, 0.15) is 20.3 Å². The molecule has 1 rings (SSSR count). The Morgan fingerprint density at radius 1 is 1.23 bits per heavy atom. The first kappa shape index (κ1) is 15.2. The largest absolute Gasteiger partial charge is 0.319 e. The van der Waals surface area contributed by atoms with E-state index in [0.717, 1.165) is 24.4 Å². The van der Waals surface area contributed by atoms with Crippen LogP contribution in [0.2, 0.25) is 0 Å². The highest BCUT2D eigenvalue weighted by atomic mass is 35.5. The monoisotopic (exact) mass is 224 g/mol. The highest BCUT2D eigenvalue weighted by Gasteiger charge is 2.12. The van der Waals surface area contributed by atoms with Gasteiger partial charge in [-0.05, 0) is 39.4 Å². The van der Waals surface area contributed by atoms with E-state index in [0.29, 0.717) is 0 Å². The first-order chi connectivity index (χ1) is 5.25. The third kappa shape index (κ3) is 3.98. The Balaban J connectivity index is 0. The minimum atomic E-state index is 0. The van der Waals surface area contributed by atoms with E-state index in [-0.39, 0.29) is 24.8 Å². The Hall–Kier alpha value is -0.250. The van der Waals surface area contributed by atoms with Gasteiger partial charge in [-0.25, -0.2) is 0 Å². The van der Waals surface area contributed by atoms with Gasteiger partial charge in [0.05, 0.1) is 11.4 Å². The van der Waals surface area contributed by atoms with Gasteiger partial charge >= 0.3 is 0 Å². The summed E-state index contributed by atoms with van der Waals surface area (Å²) in [6, 6.07) is 0. The summed E-state index contributed by atoms with van der Waals surface area (Å²) in [7, 11) is 1.95. The summed E-state index contributed by atoms with van der Waals surface area (Å²) in [5.74, 6) is 0. The molecule has 0 amide bonds. The van der Waals surface area contributed by atoms with E-state index in [2.05, 4.69) is 15.8 Å². The maximum absolute atomic E-state index is 3.99. The van der Waals surface area contributed by atoms with Crippen LogP contribution in [0, 0.1) is 0 Å². The van der Waals surface area contributed by atoms with Gasteiger partial charge in [0, 0.05) is 0 Å². The Labute approximate surface area is 91.9 Å². The summed E-state index contributed by atoms with van der Waals surface area (Å²) in [5, 5.41) is 7.10. The van der Waals surface area contributed by atoms with Crippen LogP contribution in [0.3, 0.4) is 0 Å². The first-order valence-electron chi connectivity index (χ1n) is 3.85. The molecule has 13 heavy (non-hydrogen) atoms. The van der Waals surface area contributed by atoms with Crippen molar-refractivity contribution in [2.75, 3.05) is 13.6 Å². The Morgan fingerprint density at radius 3 is 2.23 bits per heavy atom. The molecule has 0 atom stereocenters. The second-order valence-electron chi connectivity index (χ2n) is 2.70. The average molecular weight is 225 g/mol. The molecular formula is C8H16Cl2N3. The summed E-state index contributed by atoms with van der Waals surface area (Å²) in [6.07, 6.45) is 1.03. The molecular weight excluding hydrogens is 209 g/mol. The van der Waals surface area contributed by atoms with Crippen molar-refractivity contribution < 1.29 is 0 Å². The average Bonchev–Trinajstić information content (AvgIpc) is 2.29. The molecule has 0 unspecified atom stereocenters. The van der Waals surface area contributed by atoms with Crippen molar-refractivity contribution in [2.24, 2.45) is 5.10 Å². The second kappa shape index (κ2) is 7.18. The molecule has 0 aromatic rings. The first-order valence-corrected chi connectivity index (χ1v) is 3.85. The fourth-order valence-electron chi connectivity index (χ4n) is 1.14. The van der Waals surface area contributed by atoms with Gasteiger partial charge in [-0.15, -0.1) is 24.8 Å². The van der Waals surface area contributed by atoms with Gasteiger partial charge in [0.1, 0.15) is 0 Å². The van der Waals surface area contributed by atoms with E-state index in [1.54, 1.807) is 0 Å². The number of nitrogens with one attached hydrogen (secondary N) is 1. The van der Waals surface area contributed by atoms with Crippen molar-refractivity contribution in [3.8, 4) is 0 Å². The molecule has 77 valence electrons. The van der Waals surface area contributed by atoms with Gasteiger partial charge in [-0.2, -0.15) is 10.5 Å². The van der Waals surface area contributed by atoms with E-state index in [9.17, 15) is 0 Å². The predicted octanol–water partition coefficient (Wildman–Crippen LogP) is 1.71. The van der Waals surface area contributed by atoms with Crippen molar-refractivity contribution in [1.82, 2.24) is 10.7 Å². The predicted molar refractivity (Wildman–Crippen MR) is 61.0 cm³/mol. The standard InChI is InChI=1S/C8H14N3.2ClH/c1-6-8(4-5-9-3)7(2)11-10-6;;/h9H,4-5H2,1-3H3;2*1H. The smallest absolute Gasteiger partial charge is 0.0650 e. The number of allylic oxidation sites excluding steroid dienone is 1. The molecule has 0 fully saturated rings. The normalized spacial score (nSPS) is 14.2. The summed E-state index contributed by atoms with van der Waals surface area (Å²) in [6.45, 7) is 5.00. The summed E-state index contributed by atoms with van der Waals surface area (Å²) < 4.78 is 0. The van der Waals surface area contributed by atoms with Gasteiger partial charge in [0.2, 0.25) is 0 Å². The van der Waals surface area contributed by atoms with Crippen molar-refractivity contribution >= 4 is 30.5 Å². The van der Waals surface area contributed by atoms with Gasteiger partial charge in [0.15, 0.2) is 0 Å². The molecule has 1 aliphatic heterocycles. The van der Waals surface area contributed by atoms with E-state index in [1.807, 2.05) is 20.9 Å². The molecule has 1 N–H and O–H groups in total. The number of nitrogens with zero attached hydrogens (tertiary/aromatic N) is 2. The van der Waals surface area contributed by atoms with Crippen molar-refractivity contribution in [1.29, 1.82) is 0 Å². The van der Waals surface area contributed by atoms with Crippen LogP contribution in [0.4, 0.5) is 0 Å². The van der Waals surface area contributed by atoms with E-state index < -0.39 is 0 Å². The quantitative estimate of drug-likeness (QED) is 0.780. The third-order valence-electron chi connectivity index (χ3n) is 1.85. The van der Waals surface area contributed by atoms with E-state index in [1.165, 1.54) is 5.57 Å². The highest BCUT2D eigenvalue weighted by Crippen LogP contribution is 2.14. The SMILES string of the molecule is CNCCC1=C(C)[N]N=C1C.Cl.Cl. The second-order valence-corrected chi connectivity index (χ2v) is 2.70. The minimum absolute atomic E-state index is 0. The fraction of sp³-hybridized carbons (Fsp3) is 0.625. The lowest BCUT2D eigenvalue weighted by atomic mass is 10.1. The van der Waals surface area contributed by atoms with E-state index in [4.69, 9.17) is 0 Å². The molecule has 0 aromatic heterocycles. The molecule has 3 nitrogen and oxygen atoms in total. The molecule has 1 heterocycles. The highest BCUT2D eigenvalue weighted by molar-refractivity contribution is 6.00. The Morgan fingerprint density at radius 2 is 1.85 bits per heavy atom. The number of hydrogen-bond donors (Lipinski definition) is 1. The van der Waals surface area contributed by atoms with Crippen LogP contribution < -0.4 is 10.7 Å². The zero-order chi connectivity index (χ0) is 8.27. The lowest BCUT2D eigenvalue weighted by Gasteiger charge is -2.01. The molecule has 1 radical (unpaired) electrons. The summed E-state index contributed by atoms with van der Waals surface area (Å²) >= 11 is 0. The van der Waals surface area contributed by atoms with Crippen LogP contribution in [0.5, 0.6) is 0 Å². The molecule has 0 aromatic carbocycles. The van der Waals surface area contributed by atoms with Crippen LogP contribution in [0.15, 0.2) is 16.4 Å². The maximum Gasteiger partial charge on any atom is 0.0650 e. The lowest BCUT2D eigenvalue weighted by Crippen LogP contribution is -2.10. The Bertz CT molecular complexity index is 211. The van der Waals surface area contributed by atoms with E-state index >= 15 is 0 Å². The number of rotatable bonds is 3. The van der Waals surface area contributed by atoms with Crippen LogP contribution in [-0.2, 0) is 0 Å². The Kier molecular flexibility index (Phi) is 8.42. The molecule has 0 aliphatic carbocycles. The molecule has 0 bridgehead atoms. The van der Waals surface area contributed by atoms with Gasteiger partial charge in [-0.1, -0.05) is 0 Å². The van der Waals surface area contributed by atoms with Crippen LogP contribution in [-0.4, -0.2) is 19.3 Å².